The molecule has 2 aromatic carbocycles. The van der Waals surface area contributed by atoms with Gasteiger partial charge in [-0.05, 0) is 35.4 Å². The molecule has 0 amide bonds. The molecule has 6 nitrogen and oxygen atoms in total. The first kappa shape index (κ1) is 16.8. The Bertz CT molecular complexity index is 1100. The zero-order valence-electron chi connectivity index (χ0n) is 14.8. The second kappa shape index (κ2) is 6.95. The fourth-order valence-corrected chi connectivity index (χ4v) is 2.90. The van der Waals surface area contributed by atoms with Gasteiger partial charge < -0.3 is 10.1 Å². The van der Waals surface area contributed by atoms with E-state index in [0.717, 1.165) is 16.5 Å². The molecule has 134 valence electrons. The van der Waals surface area contributed by atoms with Gasteiger partial charge in [0, 0.05) is 24.8 Å². The number of anilines is 1. The van der Waals surface area contributed by atoms with Crippen molar-refractivity contribution in [2.75, 3.05) is 19.5 Å². The molecule has 7 heteroatoms. The minimum Gasteiger partial charge on any atom is -0.494 e. The number of fused-ring (bicyclic) bond motifs is 1. The van der Waals surface area contributed by atoms with Gasteiger partial charge in [0.25, 0.3) is 0 Å². The average molecular weight is 361 g/mol. The summed E-state index contributed by atoms with van der Waals surface area (Å²) in [4.78, 5) is 17.3. The zero-order valence-corrected chi connectivity index (χ0v) is 14.8. The van der Waals surface area contributed by atoms with Gasteiger partial charge in [0.15, 0.2) is 5.82 Å². The van der Waals surface area contributed by atoms with E-state index in [-0.39, 0.29) is 5.82 Å². The molecule has 0 fully saturated rings. The maximum Gasteiger partial charge on any atom is 0.165 e. The molecule has 4 rings (SSSR count). The lowest BCUT2D eigenvalue weighted by Gasteiger charge is -2.13. The van der Waals surface area contributed by atoms with Gasteiger partial charge in [0.1, 0.15) is 29.2 Å². The molecule has 0 aliphatic rings. The fourth-order valence-electron chi connectivity index (χ4n) is 2.90. The summed E-state index contributed by atoms with van der Waals surface area (Å²) in [6.45, 7) is 0. The van der Waals surface area contributed by atoms with Crippen LogP contribution in [0.4, 0.5) is 10.2 Å². The van der Waals surface area contributed by atoms with E-state index in [9.17, 15) is 4.39 Å². The number of hydrogen-bond acceptors (Lipinski definition) is 6. The number of methoxy groups -OCH3 is 1. The monoisotopic (exact) mass is 361 g/mol. The molecule has 1 N–H and O–H groups in total. The Morgan fingerprint density at radius 2 is 1.67 bits per heavy atom. The maximum absolute atomic E-state index is 13.3. The van der Waals surface area contributed by atoms with Crippen molar-refractivity contribution in [3.63, 3.8) is 0 Å². The molecule has 27 heavy (non-hydrogen) atoms. The highest BCUT2D eigenvalue weighted by Crippen LogP contribution is 2.35. The summed E-state index contributed by atoms with van der Waals surface area (Å²) in [5.74, 6) is 1.48. The standard InChI is InChI=1S/C20H16FN5O/c1-22-20-16-7-13(12-3-5-15(21)6-4-12)8-17(27-2)18(16)25-19(26-20)14-9-23-11-24-10-14/h3-11H,1-2H3,(H,22,25,26). The van der Waals surface area contributed by atoms with Crippen molar-refractivity contribution in [3.05, 3.63) is 60.9 Å². The van der Waals surface area contributed by atoms with Gasteiger partial charge in [-0.3, -0.25) is 0 Å². The van der Waals surface area contributed by atoms with E-state index in [4.69, 9.17) is 4.74 Å². The van der Waals surface area contributed by atoms with Crippen LogP contribution in [0.1, 0.15) is 0 Å². The Hall–Kier alpha value is -3.61. The van der Waals surface area contributed by atoms with Crippen molar-refractivity contribution in [1.29, 1.82) is 0 Å². The quantitative estimate of drug-likeness (QED) is 0.593. The van der Waals surface area contributed by atoms with Crippen LogP contribution in [-0.4, -0.2) is 34.1 Å². The minimum atomic E-state index is -0.277. The third kappa shape index (κ3) is 3.15. The normalized spacial score (nSPS) is 10.8. The summed E-state index contributed by atoms with van der Waals surface area (Å²) in [5, 5.41) is 3.91. The summed E-state index contributed by atoms with van der Waals surface area (Å²) in [7, 11) is 3.39. The molecule has 0 aliphatic carbocycles. The molecular weight excluding hydrogens is 345 g/mol. The predicted molar refractivity (Wildman–Crippen MR) is 102 cm³/mol. The SMILES string of the molecule is CNc1nc(-c2cncnc2)nc2c(OC)cc(-c3ccc(F)cc3)cc12. The summed E-state index contributed by atoms with van der Waals surface area (Å²) in [6.07, 6.45) is 4.78. The Kier molecular flexibility index (Phi) is 4.33. The summed E-state index contributed by atoms with van der Waals surface area (Å²) in [6, 6.07) is 10.2. The second-order valence-electron chi connectivity index (χ2n) is 5.85. The number of ether oxygens (including phenoxy) is 1. The number of rotatable bonds is 4. The van der Waals surface area contributed by atoms with E-state index in [1.54, 1.807) is 38.7 Å². The topological polar surface area (TPSA) is 72.8 Å². The molecule has 0 spiro atoms. The lowest BCUT2D eigenvalue weighted by molar-refractivity contribution is 0.419. The molecule has 0 saturated heterocycles. The first-order valence-electron chi connectivity index (χ1n) is 8.28. The number of aromatic nitrogens is 4. The smallest absolute Gasteiger partial charge is 0.165 e. The predicted octanol–water partition coefficient (Wildman–Crippen LogP) is 3.94. The lowest BCUT2D eigenvalue weighted by Crippen LogP contribution is -2.01. The van der Waals surface area contributed by atoms with Gasteiger partial charge in [-0.25, -0.2) is 24.3 Å². The van der Waals surface area contributed by atoms with Gasteiger partial charge in [0.2, 0.25) is 0 Å². The van der Waals surface area contributed by atoms with E-state index in [1.807, 2.05) is 12.1 Å². The number of nitrogens with zero attached hydrogens (tertiary/aromatic N) is 4. The van der Waals surface area contributed by atoms with Gasteiger partial charge in [-0.1, -0.05) is 12.1 Å². The zero-order chi connectivity index (χ0) is 18.8. The average Bonchev–Trinajstić information content (AvgIpc) is 2.73. The third-order valence-electron chi connectivity index (χ3n) is 4.22. The van der Waals surface area contributed by atoms with Gasteiger partial charge >= 0.3 is 0 Å². The molecule has 2 heterocycles. The molecule has 0 atom stereocenters. The van der Waals surface area contributed by atoms with Crippen molar-refractivity contribution in [1.82, 2.24) is 19.9 Å². The van der Waals surface area contributed by atoms with Crippen LogP contribution >= 0.6 is 0 Å². The van der Waals surface area contributed by atoms with E-state index in [2.05, 4.69) is 25.3 Å². The molecule has 0 radical (unpaired) electrons. The van der Waals surface area contributed by atoms with Crippen molar-refractivity contribution < 1.29 is 9.13 Å². The number of benzene rings is 2. The molecule has 0 bridgehead atoms. The summed E-state index contributed by atoms with van der Waals surface area (Å²) >= 11 is 0. The Labute approximate surface area is 155 Å². The van der Waals surface area contributed by atoms with Crippen LogP contribution in [0.5, 0.6) is 5.75 Å². The highest BCUT2D eigenvalue weighted by molar-refractivity contribution is 5.97. The van der Waals surface area contributed by atoms with Crippen molar-refractivity contribution in [2.45, 2.75) is 0 Å². The molecule has 4 aromatic rings. The van der Waals surface area contributed by atoms with Gasteiger partial charge in [0.05, 0.1) is 12.7 Å². The molecule has 0 aliphatic heterocycles. The van der Waals surface area contributed by atoms with Crippen LogP contribution in [0.15, 0.2) is 55.1 Å². The van der Waals surface area contributed by atoms with Crippen LogP contribution < -0.4 is 10.1 Å². The van der Waals surface area contributed by atoms with E-state index in [1.165, 1.54) is 18.5 Å². The first-order valence-corrected chi connectivity index (χ1v) is 8.28. The number of hydrogen-bond donors (Lipinski definition) is 1. The lowest BCUT2D eigenvalue weighted by atomic mass is 10.0. The number of nitrogens with one attached hydrogen (secondary N) is 1. The highest BCUT2D eigenvalue weighted by Gasteiger charge is 2.15. The summed E-state index contributed by atoms with van der Waals surface area (Å²) < 4.78 is 18.8. The van der Waals surface area contributed by atoms with Crippen LogP contribution in [0.3, 0.4) is 0 Å². The third-order valence-corrected chi connectivity index (χ3v) is 4.22. The molecular formula is C20H16FN5O. The van der Waals surface area contributed by atoms with Gasteiger partial charge in [-0.15, -0.1) is 0 Å². The largest absolute Gasteiger partial charge is 0.494 e. The highest BCUT2D eigenvalue weighted by atomic mass is 19.1. The Morgan fingerprint density at radius 3 is 2.33 bits per heavy atom. The second-order valence-corrected chi connectivity index (χ2v) is 5.85. The van der Waals surface area contributed by atoms with Crippen LogP contribution in [-0.2, 0) is 0 Å². The molecule has 2 aromatic heterocycles. The minimum absolute atomic E-state index is 0.277. The van der Waals surface area contributed by atoms with Crippen LogP contribution in [0.2, 0.25) is 0 Å². The Morgan fingerprint density at radius 1 is 0.926 bits per heavy atom. The van der Waals surface area contributed by atoms with E-state index < -0.39 is 0 Å². The van der Waals surface area contributed by atoms with Crippen LogP contribution in [0.25, 0.3) is 33.4 Å². The first-order chi connectivity index (χ1) is 13.2. The van der Waals surface area contributed by atoms with Gasteiger partial charge in [-0.2, -0.15) is 0 Å². The van der Waals surface area contributed by atoms with Crippen molar-refractivity contribution >= 4 is 16.7 Å². The summed E-state index contributed by atoms with van der Waals surface area (Å²) in [5.41, 5.74) is 3.14. The maximum atomic E-state index is 13.3. The van der Waals surface area contributed by atoms with E-state index >= 15 is 0 Å². The fraction of sp³-hybridized carbons (Fsp3) is 0.100. The molecule has 0 unspecified atom stereocenters. The number of halogens is 1. The molecule has 0 saturated carbocycles. The van der Waals surface area contributed by atoms with Crippen molar-refractivity contribution in [3.8, 4) is 28.3 Å². The Balaban J connectivity index is 1.96. The van der Waals surface area contributed by atoms with Crippen molar-refractivity contribution in [2.24, 2.45) is 0 Å². The van der Waals surface area contributed by atoms with Crippen LogP contribution in [0, 0.1) is 5.82 Å². The van der Waals surface area contributed by atoms with E-state index in [0.29, 0.717) is 28.5 Å².